The summed E-state index contributed by atoms with van der Waals surface area (Å²) in [5.41, 5.74) is 1.11. The van der Waals surface area contributed by atoms with Crippen molar-refractivity contribution >= 4 is 34.3 Å². The van der Waals surface area contributed by atoms with Crippen LogP contribution in [0.5, 0.6) is 0 Å². The molecule has 2 aromatic carbocycles. The molecular weight excluding hydrogens is 392 g/mol. The van der Waals surface area contributed by atoms with Crippen LogP contribution in [0.25, 0.3) is 10.9 Å². The summed E-state index contributed by atoms with van der Waals surface area (Å²) in [7, 11) is 1.63. The third-order valence-corrected chi connectivity index (χ3v) is 4.76. The number of nitrogens with zero attached hydrogens (tertiary/aromatic N) is 2. The topological polar surface area (TPSA) is 95.2 Å². The number of para-hydroxylation sites is 1. The van der Waals surface area contributed by atoms with E-state index in [2.05, 4.69) is 15.3 Å². The van der Waals surface area contributed by atoms with Crippen molar-refractivity contribution in [1.29, 1.82) is 0 Å². The number of carbonyl (C=O) groups is 2. The molecule has 0 aliphatic carbocycles. The Bertz CT molecular complexity index is 1100. The van der Waals surface area contributed by atoms with Gasteiger partial charge in [-0.3, -0.25) is 14.4 Å². The third-order valence-electron chi connectivity index (χ3n) is 4.50. The molecule has 1 aromatic heterocycles. The maximum atomic E-state index is 12.8. The van der Waals surface area contributed by atoms with E-state index in [9.17, 15) is 14.4 Å². The largest absolute Gasteiger partial charge is 0.349 e. The summed E-state index contributed by atoms with van der Waals surface area (Å²) in [5, 5.41) is 3.87. The van der Waals surface area contributed by atoms with Gasteiger partial charge < -0.3 is 15.2 Å². The minimum absolute atomic E-state index is 0.0650. The van der Waals surface area contributed by atoms with E-state index in [0.29, 0.717) is 21.7 Å². The highest BCUT2D eigenvalue weighted by molar-refractivity contribution is 6.30. The van der Waals surface area contributed by atoms with Crippen LogP contribution >= 0.6 is 11.6 Å². The number of hydrogen-bond donors (Lipinski definition) is 2. The fourth-order valence-corrected chi connectivity index (χ4v) is 3.17. The van der Waals surface area contributed by atoms with Gasteiger partial charge in [0.15, 0.2) is 0 Å². The summed E-state index contributed by atoms with van der Waals surface area (Å²) in [4.78, 5) is 45.2. The zero-order valence-corrected chi connectivity index (χ0v) is 16.9. The fourth-order valence-electron chi connectivity index (χ4n) is 3.05. The molecular formula is C21H21ClN4O3. The standard InChI is InChI=1S/C21H21ClN4O3/c1-13(27)23-18(14-7-9-15(22)10-8-14)11-20(28)26(2)12-19-24-17-6-4-3-5-16(17)21(29)25-19/h3-10,18H,11-12H2,1-2H3,(H,23,27)(H,24,25,29). The van der Waals surface area contributed by atoms with E-state index in [1.54, 1.807) is 55.6 Å². The first-order valence-electron chi connectivity index (χ1n) is 9.08. The van der Waals surface area contributed by atoms with Crippen molar-refractivity contribution in [2.24, 2.45) is 0 Å². The predicted octanol–water partition coefficient (Wildman–Crippen LogP) is 2.80. The third kappa shape index (κ3) is 5.20. The van der Waals surface area contributed by atoms with Gasteiger partial charge in [-0.1, -0.05) is 35.9 Å². The number of rotatable bonds is 6. The van der Waals surface area contributed by atoms with Gasteiger partial charge in [0.1, 0.15) is 5.82 Å². The number of hydrogen-bond acceptors (Lipinski definition) is 4. The van der Waals surface area contributed by atoms with E-state index >= 15 is 0 Å². The molecule has 3 aromatic rings. The van der Waals surface area contributed by atoms with E-state index in [1.165, 1.54) is 11.8 Å². The molecule has 0 radical (unpaired) electrons. The Labute approximate surface area is 172 Å². The first-order chi connectivity index (χ1) is 13.8. The van der Waals surface area contributed by atoms with Crippen molar-refractivity contribution in [3.63, 3.8) is 0 Å². The van der Waals surface area contributed by atoms with Crippen LogP contribution in [-0.2, 0) is 16.1 Å². The van der Waals surface area contributed by atoms with E-state index in [-0.39, 0.29) is 30.3 Å². The van der Waals surface area contributed by atoms with Gasteiger partial charge >= 0.3 is 0 Å². The number of benzene rings is 2. The normalized spacial score (nSPS) is 11.8. The minimum Gasteiger partial charge on any atom is -0.349 e. The average Bonchev–Trinajstić information content (AvgIpc) is 2.67. The van der Waals surface area contributed by atoms with Crippen molar-refractivity contribution in [1.82, 2.24) is 20.2 Å². The molecule has 0 aliphatic rings. The Morgan fingerprint density at radius 1 is 1.17 bits per heavy atom. The van der Waals surface area contributed by atoms with Crippen LogP contribution in [0.15, 0.2) is 53.3 Å². The Balaban J connectivity index is 1.75. The summed E-state index contributed by atoms with van der Waals surface area (Å²) in [6, 6.07) is 13.5. The highest BCUT2D eigenvalue weighted by Gasteiger charge is 2.20. The number of aromatic amines is 1. The lowest BCUT2D eigenvalue weighted by atomic mass is 10.0. The van der Waals surface area contributed by atoms with Crippen LogP contribution in [0.3, 0.4) is 0 Å². The summed E-state index contributed by atoms with van der Waals surface area (Å²) in [6.45, 7) is 1.55. The Kier molecular flexibility index (Phi) is 6.29. The molecule has 1 heterocycles. The maximum absolute atomic E-state index is 12.8. The highest BCUT2D eigenvalue weighted by atomic mass is 35.5. The van der Waals surface area contributed by atoms with Gasteiger partial charge in [0.05, 0.1) is 29.9 Å². The molecule has 1 atom stereocenters. The first kappa shape index (κ1) is 20.5. The number of H-pyrrole nitrogens is 1. The van der Waals surface area contributed by atoms with Gasteiger partial charge in [-0.05, 0) is 29.8 Å². The lowest BCUT2D eigenvalue weighted by molar-refractivity contribution is -0.131. The molecule has 0 saturated heterocycles. The first-order valence-corrected chi connectivity index (χ1v) is 9.46. The summed E-state index contributed by atoms with van der Waals surface area (Å²) in [6.07, 6.45) is 0.0650. The second-order valence-electron chi connectivity index (χ2n) is 6.79. The Morgan fingerprint density at radius 3 is 2.55 bits per heavy atom. The zero-order chi connectivity index (χ0) is 21.0. The smallest absolute Gasteiger partial charge is 0.258 e. The van der Waals surface area contributed by atoms with Crippen LogP contribution in [0.1, 0.15) is 30.8 Å². The van der Waals surface area contributed by atoms with E-state index < -0.39 is 6.04 Å². The summed E-state index contributed by atoms with van der Waals surface area (Å²) < 4.78 is 0. The highest BCUT2D eigenvalue weighted by Crippen LogP contribution is 2.20. The molecule has 0 bridgehead atoms. The molecule has 2 N–H and O–H groups in total. The van der Waals surface area contributed by atoms with Gasteiger partial charge in [-0.15, -0.1) is 0 Å². The quantitative estimate of drug-likeness (QED) is 0.650. The second kappa shape index (κ2) is 8.87. The summed E-state index contributed by atoms with van der Waals surface area (Å²) in [5.74, 6) is -0.0393. The van der Waals surface area contributed by atoms with Gasteiger partial charge in [-0.25, -0.2) is 4.98 Å². The monoisotopic (exact) mass is 412 g/mol. The van der Waals surface area contributed by atoms with Crippen LogP contribution in [0.2, 0.25) is 5.02 Å². The number of nitrogens with one attached hydrogen (secondary N) is 2. The van der Waals surface area contributed by atoms with Crippen molar-refractivity contribution in [3.8, 4) is 0 Å². The number of fused-ring (bicyclic) bond motifs is 1. The lowest BCUT2D eigenvalue weighted by Crippen LogP contribution is -2.34. The molecule has 0 aliphatic heterocycles. The summed E-state index contributed by atoms with van der Waals surface area (Å²) >= 11 is 5.92. The molecule has 7 nitrogen and oxygen atoms in total. The molecule has 3 rings (SSSR count). The second-order valence-corrected chi connectivity index (χ2v) is 7.22. The van der Waals surface area contributed by atoms with Crippen molar-refractivity contribution in [2.45, 2.75) is 25.9 Å². The van der Waals surface area contributed by atoms with Gasteiger partial charge in [0.25, 0.3) is 5.56 Å². The molecule has 8 heteroatoms. The Hall–Kier alpha value is -3.19. The number of amides is 2. The van der Waals surface area contributed by atoms with E-state index in [4.69, 9.17) is 11.6 Å². The van der Waals surface area contributed by atoms with Crippen molar-refractivity contribution in [3.05, 3.63) is 75.3 Å². The van der Waals surface area contributed by atoms with Crippen molar-refractivity contribution in [2.75, 3.05) is 7.05 Å². The van der Waals surface area contributed by atoms with Gasteiger partial charge in [0.2, 0.25) is 11.8 Å². The predicted molar refractivity (Wildman–Crippen MR) is 111 cm³/mol. The number of aromatic nitrogens is 2. The van der Waals surface area contributed by atoms with Gasteiger partial charge in [0, 0.05) is 19.0 Å². The molecule has 0 spiro atoms. The molecule has 150 valence electrons. The molecule has 0 saturated carbocycles. The SMILES string of the molecule is CC(=O)NC(CC(=O)N(C)Cc1nc2ccccc2c(=O)[nH]1)c1ccc(Cl)cc1. The van der Waals surface area contributed by atoms with Crippen LogP contribution in [-0.4, -0.2) is 33.7 Å². The lowest BCUT2D eigenvalue weighted by Gasteiger charge is -2.22. The van der Waals surface area contributed by atoms with Crippen molar-refractivity contribution < 1.29 is 9.59 Å². The van der Waals surface area contributed by atoms with Gasteiger partial charge in [-0.2, -0.15) is 0 Å². The number of halogens is 1. The molecule has 29 heavy (non-hydrogen) atoms. The minimum atomic E-state index is -0.483. The molecule has 0 fully saturated rings. The zero-order valence-electron chi connectivity index (χ0n) is 16.1. The maximum Gasteiger partial charge on any atom is 0.258 e. The molecule has 2 amide bonds. The van der Waals surface area contributed by atoms with E-state index in [1.807, 2.05) is 0 Å². The fraction of sp³-hybridized carbons (Fsp3) is 0.238. The Morgan fingerprint density at radius 2 is 1.86 bits per heavy atom. The van der Waals surface area contributed by atoms with Crippen LogP contribution in [0, 0.1) is 0 Å². The van der Waals surface area contributed by atoms with Crippen LogP contribution < -0.4 is 10.9 Å². The van der Waals surface area contributed by atoms with E-state index in [0.717, 1.165) is 5.56 Å². The van der Waals surface area contributed by atoms with Crippen LogP contribution in [0.4, 0.5) is 0 Å². The molecule has 1 unspecified atom stereocenters. The average molecular weight is 413 g/mol. The number of carbonyl (C=O) groups excluding carboxylic acids is 2.